The van der Waals surface area contributed by atoms with E-state index in [2.05, 4.69) is 0 Å². The molecule has 13 heavy (non-hydrogen) atoms. The van der Waals surface area contributed by atoms with Crippen LogP contribution in [0.25, 0.3) is 0 Å². The first-order valence-corrected chi connectivity index (χ1v) is 5.33. The van der Waals surface area contributed by atoms with Crippen LogP contribution in [0.3, 0.4) is 0 Å². The maximum atomic E-state index is 11.4. The molecule has 0 amide bonds. The standard InChI is InChI=1S/C6H12N2O4S/c1-4(6(9)10)13(11,12)8-2-5(7)3-8/h4-5H,2-3,7H2,1H3,(H,9,10). The highest BCUT2D eigenvalue weighted by molar-refractivity contribution is 7.90. The van der Waals surface area contributed by atoms with Crippen LogP contribution in [0.2, 0.25) is 0 Å². The fourth-order valence-electron chi connectivity index (χ4n) is 1.03. The summed E-state index contributed by atoms with van der Waals surface area (Å²) >= 11 is 0. The first kappa shape index (κ1) is 10.4. The number of carboxylic acid groups (broad SMARTS) is 1. The lowest BCUT2D eigenvalue weighted by molar-refractivity contribution is -0.136. The first-order chi connectivity index (χ1) is 5.85. The molecule has 0 saturated carbocycles. The fourth-order valence-corrected chi connectivity index (χ4v) is 2.53. The second-order valence-electron chi connectivity index (χ2n) is 3.10. The zero-order valence-corrected chi connectivity index (χ0v) is 7.99. The van der Waals surface area contributed by atoms with E-state index in [-0.39, 0.29) is 19.1 Å². The van der Waals surface area contributed by atoms with E-state index in [1.807, 2.05) is 0 Å². The largest absolute Gasteiger partial charge is 0.480 e. The SMILES string of the molecule is CC(C(=O)O)S(=O)(=O)N1CC(N)C1. The minimum Gasteiger partial charge on any atom is -0.480 e. The number of nitrogens with two attached hydrogens (primary N) is 1. The second kappa shape index (κ2) is 3.24. The molecule has 3 N–H and O–H groups in total. The van der Waals surface area contributed by atoms with Gasteiger partial charge in [0.05, 0.1) is 0 Å². The Morgan fingerprint density at radius 3 is 2.38 bits per heavy atom. The first-order valence-electron chi connectivity index (χ1n) is 3.83. The molecule has 0 aromatic heterocycles. The molecule has 76 valence electrons. The van der Waals surface area contributed by atoms with Crippen molar-refractivity contribution < 1.29 is 18.3 Å². The molecule has 7 heteroatoms. The molecule has 1 aliphatic rings. The van der Waals surface area contributed by atoms with Crippen molar-refractivity contribution in [1.29, 1.82) is 0 Å². The van der Waals surface area contributed by atoms with Crippen molar-refractivity contribution in [1.82, 2.24) is 4.31 Å². The molecule has 1 saturated heterocycles. The van der Waals surface area contributed by atoms with E-state index in [9.17, 15) is 13.2 Å². The molecule has 0 aromatic carbocycles. The van der Waals surface area contributed by atoms with E-state index in [4.69, 9.17) is 10.8 Å². The van der Waals surface area contributed by atoms with Crippen molar-refractivity contribution in [3.63, 3.8) is 0 Å². The van der Waals surface area contributed by atoms with Gasteiger partial charge in [-0.2, -0.15) is 4.31 Å². The molecule has 0 radical (unpaired) electrons. The van der Waals surface area contributed by atoms with E-state index in [1.165, 1.54) is 0 Å². The highest BCUT2D eigenvalue weighted by Crippen LogP contribution is 2.16. The van der Waals surface area contributed by atoms with Crippen LogP contribution in [0.15, 0.2) is 0 Å². The van der Waals surface area contributed by atoms with Crippen LogP contribution in [0, 0.1) is 0 Å². The van der Waals surface area contributed by atoms with Crippen molar-refractivity contribution in [3.05, 3.63) is 0 Å². The van der Waals surface area contributed by atoms with Gasteiger partial charge in [0.25, 0.3) is 0 Å². The third-order valence-electron chi connectivity index (χ3n) is 2.03. The summed E-state index contributed by atoms with van der Waals surface area (Å²) in [5.41, 5.74) is 5.39. The maximum Gasteiger partial charge on any atom is 0.323 e. The normalized spacial score (nSPS) is 22.3. The minimum absolute atomic E-state index is 0.157. The van der Waals surface area contributed by atoms with Gasteiger partial charge in [0.1, 0.15) is 0 Å². The van der Waals surface area contributed by atoms with Crippen LogP contribution in [-0.2, 0) is 14.8 Å². The van der Waals surface area contributed by atoms with Crippen molar-refractivity contribution in [2.45, 2.75) is 18.2 Å². The summed E-state index contributed by atoms with van der Waals surface area (Å²) in [5.74, 6) is -1.33. The summed E-state index contributed by atoms with van der Waals surface area (Å²) in [6.45, 7) is 1.60. The van der Waals surface area contributed by atoms with Gasteiger partial charge in [-0.05, 0) is 6.92 Å². The van der Waals surface area contributed by atoms with Crippen LogP contribution < -0.4 is 5.73 Å². The van der Waals surface area contributed by atoms with E-state index in [1.54, 1.807) is 0 Å². The molecule has 6 nitrogen and oxygen atoms in total. The molecular formula is C6H12N2O4S. The lowest BCUT2D eigenvalue weighted by Crippen LogP contribution is -2.60. The number of carbonyl (C=O) groups is 1. The van der Waals surface area contributed by atoms with Gasteiger partial charge in [0.2, 0.25) is 10.0 Å². The summed E-state index contributed by atoms with van der Waals surface area (Å²) in [6, 6.07) is -0.157. The molecule has 1 aliphatic heterocycles. The van der Waals surface area contributed by atoms with Gasteiger partial charge in [-0.1, -0.05) is 0 Å². The van der Waals surface area contributed by atoms with Crippen LogP contribution in [0.5, 0.6) is 0 Å². The Bertz CT molecular complexity index is 307. The second-order valence-corrected chi connectivity index (χ2v) is 5.36. The van der Waals surface area contributed by atoms with Gasteiger partial charge in [0.15, 0.2) is 5.25 Å². The Kier molecular flexibility index (Phi) is 2.60. The molecule has 0 aliphatic carbocycles. The van der Waals surface area contributed by atoms with E-state index in [0.29, 0.717) is 0 Å². The maximum absolute atomic E-state index is 11.4. The van der Waals surface area contributed by atoms with Crippen molar-refractivity contribution in [2.24, 2.45) is 5.73 Å². The molecule has 0 aromatic rings. The third-order valence-corrected chi connectivity index (χ3v) is 4.14. The molecule has 1 atom stereocenters. The zero-order chi connectivity index (χ0) is 10.2. The Morgan fingerprint density at radius 1 is 1.62 bits per heavy atom. The lowest BCUT2D eigenvalue weighted by Gasteiger charge is -2.36. The van der Waals surface area contributed by atoms with Crippen molar-refractivity contribution in [2.75, 3.05) is 13.1 Å². The molecular weight excluding hydrogens is 196 g/mol. The van der Waals surface area contributed by atoms with Gasteiger partial charge >= 0.3 is 5.97 Å². The number of aliphatic carboxylic acids is 1. The topological polar surface area (TPSA) is 101 Å². The fraction of sp³-hybridized carbons (Fsp3) is 0.833. The van der Waals surface area contributed by atoms with Gasteiger partial charge in [-0.25, -0.2) is 8.42 Å². The summed E-state index contributed by atoms with van der Waals surface area (Å²) in [4.78, 5) is 10.4. The van der Waals surface area contributed by atoms with Crippen LogP contribution in [-0.4, -0.2) is 48.2 Å². The number of hydrogen-bond donors (Lipinski definition) is 2. The quantitative estimate of drug-likeness (QED) is 0.583. The molecule has 1 fully saturated rings. The Morgan fingerprint density at radius 2 is 2.08 bits per heavy atom. The number of nitrogens with zero attached hydrogens (tertiary/aromatic N) is 1. The van der Waals surface area contributed by atoms with E-state index >= 15 is 0 Å². The van der Waals surface area contributed by atoms with Gasteiger partial charge in [-0.3, -0.25) is 4.79 Å². The van der Waals surface area contributed by atoms with Crippen LogP contribution >= 0.6 is 0 Å². The minimum atomic E-state index is -3.68. The van der Waals surface area contributed by atoms with E-state index in [0.717, 1.165) is 11.2 Å². The molecule has 1 rings (SSSR count). The Hall–Kier alpha value is -0.660. The van der Waals surface area contributed by atoms with Crippen LogP contribution in [0.4, 0.5) is 0 Å². The number of rotatable bonds is 3. The number of carboxylic acids is 1. The van der Waals surface area contributed by atoms with Gasteiger partial charge < -0.3 is 10.8 Å². The zero-order valence-electron chi connectivity index (χ0n) is 7.17. The smallest absolute Gasteiger partial charge is 0.323 e. The summed E-state index contributed by atoms with van der Waals surface area (Å²) in [5, 5.41) is 7.13. The number of sulfonamides is 1. The Balaban J connectivity index is 2.72. The summed E-state index contributed by atoms with van der Waals surface area (Å²) in [7, 11) is -3.68. The molecule has 1 heterocycles. The molecule has 0 bridgehead atoms. The number of hydrogen-bond acceptors (Lipinski definition) is 4. The Labute approximate surface area is 76.4 Å². The third kappa shape index (κ3) is 1.82. The highest BCUT2D eigenvalue weighted by atomic mass is 32.2. The predicted octanol–water partition coefficient (Wildman–Crippen LogP) is -1.57. The van der Waals surface area contributed by atoms with Crippen molar-refractivity contribution >= 4 is 16.0 Å². The average molecular weight is 208 g/mol. The highest BCUT2D eigenvalue weighted by Gasteiger charge is 2.39. The molecule has 1 unspecified atom stereocenters. The van der Waals surface area contributed by atoms with E-state index < -0.39 is 21.2 Å². The van der Waals surface area contributed by atoms with Gasteiger partial charge in [0, 0.05) is 19.1 Å². The van der Waals surface area contributed by atoms with Crippen molar-refractivity contribution in [3.8, 4) is 0 Å². The summed E-state index contributed by atoms with van der Waals surface area (Å²) < 4.78 is 23.9. The predicted molar refractivity (Wildman–Crippen MR) is 45.6 cm³/mol. The summed E-state index contributed by atoms with van der Waals surface area (Å²) in [6.07, 6.45) is 0. The lowest BCUT2D eigenvalue weighted by atomic mass is 10.2. The molecule has 0 spiro atoms. The van der Waals surface area contributed by atoms with Gasteiger partial charge in [-0.15, -0.1) is 0 Å². The van der Waals surface area contributed by atoms with Crippen LogP contribution in [0.1, 0.15) is 6.92 Å². The monoisotopic (exact) mass is 208 g/mol. The average Bonchev–Trinajstić information content (AvgIpc) is 1.96.